The van der Waals surface area contributed by atoms with E-state index in [9.17, 15) is 4.79 Å². The normalized spacial score (nSPS) is 13.3. The SMILES string of the molecule is NC(=O)C1=CC=COS1.OBO. The second kappa shape index (κ2) is 6.77. The Balaban J connectivity index is 0.000000354. The number of primary amides is 1. The van der Waals surface area contributed by atoms with Gasteiger partial charge in [0, 0.05) is 0 Å². The fourth-order valence-electron chi connectivity index (χ4n) is 0.389. The largest absolute Gasteiger partial charge is 0.432 e. The number of rotatable bonds is 1. The fraction of sp³-hybridized carbons (Fsp3) is 0. The molecule has 0 unspecified atom stereocenters. The van der Waals surface area contributed by atoms with Gasteiger partial charge in [-0.05, 0) is 12.2 Å². The van der Waals surface area contributed by atoms with Crippen molar-refractivity contribution in [3.63, 3.8) is 0 Å². The maximum atomic E-state index is 10.4. The van der Waals surface area contributed by atoms with E-state index in [1.54, 1.807) is 12.2 Å². The molecule has 4 N–H and O–H groups in total. The first-order valence-corrected chi connectivity index (χ1v) is 3.68. The van der Waals surface area contributed by atoms with Crippen molar-refractivity contribution in [3.05, 3.63) is 23.3 Å². The molecule has 0 saturated heterocycles. The van der Waals surface area contributed by atoms with Gasteiger partial charge in [0.2, 0.25) is 0 Å². The molecule has 0 aromatic heterocycles. The minimum absolute atomic E-state index is 0.428. The van der Waals surface area contributed by atoms with Crippen molar-refractivity contribution in [3.8, 4) is 0 Å². The average Bonchev–Trinajstić information content (AvgIpc) is 2.07. The van der Waals surface area contributed by atoms with Crippen molar-refractivity contribution in [2.75, 3.05) is 0 Å². The molecule has 0 fully saturated rings. The van der Waals surface area contributed by atoms with E-state index < -0.39 is 13.6 Å². The van der Waals surface area contributed by atoms with Crippen LogP contribution in [-0.2, 0) is 8.98 Å². The first-order chi connectivity index (χ1) is 5.72. The molecule has 0 radical (unpaired) electrons. The van der Waals surface area contributed by atoms with E-state index in [1.165, 1.54) is 6.26 Å². The standard InChI is InChI=1S/C5H5NO2S.BH3O2/c6-5(7)4-2-1-3-8-9-4;2-1-3/h1-3H,(H2,6,7);1-3H. The lowest BCUT2D eigenvalue weighted by Gasteiger charge is -2.02. The molecule has 0 atom stereocenters. The summed E-state index contributed by atoms with van der Waals surface area (Å²) in [6.45, 7) is 0. The third kappa shape index (κ3) is 4.83. The molecule has 12 heavy (non-hydrogen) atoms. The summed E-state index contributed by atoms with van der Waals surface area (Å²) >= 11 is 0.971. The van der Waals surface area contributed by atoms with Crippen LogP contribution < -0.4 is 5.73 Å². The van der Waals surface area contributed by atoms with Gasteiger partial charge in [-0.1, -0.05) is 0 Å². The number of carbonyl (C=O) groups excluding carboxylic acids is 1. The summed E-state index contributed by atoms with van der Waals surface area (Å²) in [5.41, 5.74) is 4.93. The predicted octanol–water partition coefficient (Wildman–Crippen LogP) is -1.21. The van der Waals surface area contributed by atoms with Gasteiger partial charge in [0.25, 0.3) is 5.91 Å². The molecule has 7 heteroatoms. The minimum atomic E-state index is -0.750. The zero-order valence-electron chi connectivity index (χ0n) is 6.14. The summed E-state index contributed by atoms with van der Waals surface area (Å²) in [6, 6.07) is 0. The Labute approximate surface area is 74.4 Å². The maximum Gasteiger partial charge on any atom is 0.432 e. The molecule has 0 aliphatic carbocycles. The van der Waals surface area contributed by atoms with Gasteiger partial charge in [-0.15, -0.1) is 0 Å². The molecule has 66 valence electrons. The van der Waals surface area contributed by atoms with Gasteiger partial charge in [-0.3, -0.25) is 4.79 Å². The predicted molar refractivity (Wildman–Crippen MR) is 46.7 cm³/mol. The maximum absolute atomic E-state index is 10.4. The van der Waals surface area contributed by atoms with Crippen LogP contribution in [0.5, 0.6) is 0 Å². The molecule has 1 rings (SSSR count). The molecule has 0 aromatic carbocycles. The first kappa shape index (κ1) is 11.1. The molecular formula is C5H8BNO4S. The Morgan fingerprint density at radius 3 is 2.50 bits per heavy atom. The topological polar surface area (TPSA) is 92.8 Å². The number of hydrogen-bond donors (Lipinski definition) is 3. The molecule has 0 saturated carbocycles. The van der Waals surface area contributed by atoms with Gasteiger partial charge in [-0.25, -0.2) is 0 Å². The highest BCUT2D eigenvalue weighted by atomic mass is 32.2. The summed E-state index contributed by atoms with van der Waals surface area (Å²) in [5.74, 6) is -0.454. The van der Waals surface area contributed by atoms with E-state index in [-0.39, 0.29) is 0 Å². The molecular weight excluding hydrogens is 181 g/mol. The van der Waals surface area contributed by atoms with Gasteiger partial charge in [-0.2, -0.15) is 0 Å². The second-order valence-electron chi connectivity index (χ2n) is 1.54. The zero-order valence-corrected chi connectivity index (χ0v) is 6.95. The highest BCUT2D eigenvalue weighted by molar-refractivity contribution is 7.99. The molecule has 1 aliphatic rings. The average molecular weight is 189 g/mol. The van der Waals surface area contributed by atoms with Crippen LogP contribution in [0.25, 0.3) is 0 Å². The number of carbonyl (C=O) groups is 1. The lowest BCUT2D eigenvalue weighted by atomic mass is 10.4. The van der Waals surface area contributed by atoms with Gasteiger partial charge in [0.15, 0.2) is 0 Å². The Morgan fingerprint density at radius 2 is 2.25 bits per heavy atom. The Hall–Kier alpha value is -0.915. The molecule has 1 amide bonds. The summed E-state index contributed by atoms with van der Waals surface area (Å²) < 4.78 is 4.71. The van der Waals surface area contributed by atoms with Crippen molar-refractivity contribution in [2.24, 2.45) is 5.73 Å². The third-order valence-corrected chi connectivity index (χ3v) is 1.49. The van der Waals surface area contributed by atoms with E-state index >= 15 is 0 Å². The van der Waals surface area contributed by atoms with E-state index in [0.29, 0.717) is 4.91 Å². The third-order valence-electron chi connectivity index (χ3n) is 0.762. The lowest BCUT2D eigenvalue weighted by Crippen LogP contribution is -2.12. The van der Waals surface area contributed by atoms with E-state index in [4.69, 9.17) is 20.0 Å². The van der Waals surface area contributed by atoms with Crippen molar-refractivity contribution >= 4 is 25.6 Å². The molecule has 5 nitrogen and oxygen atoms in total. The summed E-state index contributed by atoms with van der Waals surface area (Å²) in [4.78, 5) is 10.8. The zero-order chi connectivity index (χ0) is 9.40. The second-order valence-corrected chi connectivity index (χ2v) is 2.34. The number of amides is 1. The highest BCUT2D eigenvalue weighted by Crippen LogP contribution is 2.19. The van der Waals surface area contributed by atoms with E-state index in [0.717, 1.165) is 12.0 Å². The molecule has 1 aliphatic heterocycles. The van der Waals surface area contributed by atoms with Crippen LogP contribution in [0.3, 0.4) is 0 Å². The van der Waals surface area contributed by atoms with E-state index in [2.05, 4.69) is 0 Å². The molecule has 1 heterocycles. The Bertz CT molecular complexity index is 206. The summed E-state index contributed by atoms with van der Waals surface area (Å²) in [6.07, 6.45) is 4.71. The van der Waals surface area contributed by atoms with Crippen LogP contribution in [0.15, 0.2) is 23.3 Å². The van der Waals surface area contributed by atoms with Crippen LogP contribution in [0, 0.1) is 0 Å². The van der Waals surface area contributed by atoms with Crippen molar-refractivity contribution < 1.29 is 19.0 Å². The Kier molecular flexibility index (Phi) is 6.26. The summed E-state index contributed by atoms with van der Waals surface area (Å²) in [7, 11) is -0.750. The van der Waals surface area contributed by atoms with Gasteiger partial charge in [0.1, 0.15) is 11.2 Å². The van der Waals surface area contributed by atoms with Gasteiger partial charge in [0.05, 0.1) is 12.0 Å². The van der Waals surface area contributed by atoms with Gasteiger partial charge >= 0.3 is 7.69 Å². The number of hydrogen-bond acceptors (Lipinski definition) is 5. The lowest BCUT2D eigenvalue weighted by molar-refractivity contribution is -0.113. The van der Waals surface area contributed by atoms with Crippen LogP contribution in [0.2, 0.25) is 0 Å². The van der Waals surface area contributed by atoms with Crippen LogP contribution >= 0.6 is 12.0 Å². The quantitative estimate of drug-likeness (QED) is 0.355. The monoisotopic (exact) mass is 189 g/mol. The van der Waals surface area contributed by atoms with Gasteiger partial charge < -0.3 is 20.0 Å². The highest BCUT2D eigenvalue weighted by Gasteiger charge is 2.06. The first-order valence-electron chi connectivity index (χ1n) is 2.94. The molecule has 0 spiro atoms. The number of nitrogens with two attached hydrogens (primary N) is 1. The van der Waals surface area contributed by atoms with Crippen LogP contribution in [0.1, 0.15) is 0 Å². The minimum Gasteiger partial charge on any atom is -0.430 e. The smallest absolute Gasteiger partial charge is 0.430 e. The van der Waals surface area contributed by atoms with E-state index in [1.807, 2.05) is 0 Å². The van der Waals surface area contributed by atoms with Crippen molar-refractivity contribution in [1.29, 1.82) is 0 Å². The van der Waals surface area contributed by atoms with Crippen molar-refractivity contribution in [1.82, 2.24) is 0 Å². The fourth-order valence-corrected chi connectivity index (χ4v) is 0.829. The number of allylic oxidation sites excluding steroid dienone is 2. The molecule has 0 bridgehead atoms. The van der Waals surface area contributed by atoms with Crippen LogP contribution in [-0.4, -0.2) is 23.6 Å². The van der Waals surface area contributed by atoms with Crippen LogP contribution in [0.4, 0.5) is 0 Å². The Morgan fingerprint density at radius 1 is 1.67 bits per heavy atom. The molecule has 0 aromatic rings. The summed E-state index contributed by atoms with van der Waals surface area (Å²) in [5, 5.41) is 14.2. The van der Waals surface area contributed by atoms with Crippen molar-refractivity contribution in [2.45, 2.75) is 0 Å².